The number of nitrogens with zero attached hydrogens (tertiary/aromatic N) is 1. The van der Waals surface area contributed by atoms with Crippen LogP contribution in [0, 0.1) is 0 Å². The quantitative estimate of drug-likeness (QED) is 0.602. The first kappa shape index (κ1) is 18.4. The molecule has 122 valence electrons. The van der Waals surface area contributed by atoms with Crippen LogP contribution in [0.2, 0.25) is 0 Å². The second-order valence-corrected chi connectivity index (χ2v) is 6.68. The van der Waals surface area contributed by atoms with Gasteiger partial charge in [-0.3, -0.25) is 4.90 Å². The first-order valence-electron chi connectivity index (χ1n) is 6.60. The molecule has 0 aliphatic rings. The molecule has 0 spiro atoms. The zero-order valence-electron chi connectivity index (χ0n) is 12.9. The highest BCUT2D eigenvalue weighted by atomic mass is 32.2. The summed E-state index contributed by atoms with van der Waals surface area (Å²) < 4.78 is 29.8. The summed E-state index contributed by atoms with van der Waals surface area (Å²) in [7, 11) is 1.45. The number of likely N-dealkylation sites (N-methyl/N-ethyl adjacent to an activating group) is 1. The van der Waals surface area contributed by atoms with E-state index in [9.17, 15) is 18.4 Å². The monoisotopic (exact) mass is 331 g/mol. The van der Waals surface area contributed by atoms with Gasteiger partial charge < -0.3 is 9.53 Å². The molecule has 1 rings (SSSR count). The summed E-state index contributed by atoms with van der Waals surface area (Å²) in [6.07, 6.45) is -0.0187. The summed E-state index contributed by atoms with van der Waals surface area (Å²) in [6.45, 7) is 5.18. The number of aldehydes is 1. The SMILES string of the molecule is CN(C(=O)OC(C)(C)C)C(C=O)c1ccc(SC(F)F)cc1. The van der Waals surface area contributed by atoms with Gasteiger partial charge in [-0.25, -0.2) is 4.79 Å². The van der Waals surface area contributed by atoms with Gasteiger partial charge in [0.05, 0.1) is 0 Å². The molecule has 0 aliphatic carbocycles. The smallest absolute Gasteiger partial charge is 0.410 e. The number of thioether (sulfide) groups is 1. The maximum absolute atomic E-state index is 12.3. The number of hydrogen-bond donors (Lipinski definition) is 0. The summed E-state index contributed by atoms with van der Waals surface area (Å²) in [6, 6.07) is 5.24. The number of benzene rings is 1. The molecule has 1 amide bonds. The molecule has 1 unspecified atom stereocenters. The van der Waals surface area contributed by atoms with Gasteiger partial charge in [-0.05, 0) is 38.5 Å². The van der Waals surface area contributed by atoms with Crippen LogP contribution in [0.1, 0.15) is 32.4 Å². The van der Waals surface area contributed by atoms with Gasteiger partial charge in [0.15, 0.2) is 0 Å². The highest BCUT2D eigenvalue weighted by Gasteiger charge is 2.26. The van der Waals surface area contributed by atoms with Gasteiger partial charge in [0.2, 0.25) is 0 Å². The molecule has 1 atom stereocenters. The van der Waals surface area contributed by atoms with Gasteiger partial charge in [0.1, 0.15) is 17.9 Å². The van der Waals surface area contributed by atoms with Crippen LogP contribution in [0.25, 0.3) is 0 Å². The summed E-state index contributed by atoms with van der Waals surface area (Å²) >= 11 is 0.422. The average molecular weight is 331 g/mol. The van der Waals surface area contributed by atoms with Gasteiger partial charge in [0, 0.05) is 11.9 Å². The van der Waals surface area contributed by atoms with Crippen molar-refractivity contribution in [2.45, 2.75) is 43.1 Å². The Morgan fingerprint density at radius 1 is 1.27 bits per heavy atom. The third-order valence-electron chi connectivity index (χ3n) is 2.67. The predicted octanol–water partition coefficient (Wildman–Crippen LogP) is 4.11. The average Bonchev–Trinajstić information content (AvgIpc) is 2.38. The van der Waals surface area contributed by atoms with Crippen LogP contribution in [0.5, 0.6) is 0 Å². The Hall–Kier alpha value is -1.63. The van der Waals surface area contributed by atoms with Crippen molar-refractivity contribution in [1.82, 2.24) is 4.90 Å². The first-order valence-corrected chi connectivity index (χ1v) is 7.48. The maximum Gasteiger partial charge on any atom is 0.410 e. The molecule has 22 heavy (non-hydrogen) atoms. The minimum Gasteiger partial charge on any atom is -0.444 e. The van der Waals surface area contributed by atoms with Gasteiger partial charge in [0.25, 0.3) is 5.76 Å². The van der Waals surface area contributed by atoms with Crippen LogP contribution < -0.4 is 0 Å². The van der Waals surface area contributed by atoms with Gasteiger partial charge in [-0.2, -0.15) is 8.78 Å². The third kappa shape index (κ3) is 5.63. The van der Waals surface area contributed by atoms with Crippen LogP contribution in [-0.4, -0.2) is 35.7 Å². The molecule has 0 N–H and O–H groups in total. The van der Waals surface area contributed by atoms with Crippen LogP contribution in [0.3, 0.4) is 0 Å². The van der Waals surface area contributed by atoms with Crippen molar-refractivity contribution in [2.75, 3.05) is 7.05 Å². The Morgan fingerprint density at radius 2 is 1.82 bits per heavy atom. The molecule has 0 aliphatic heterocycles. The van der Waals surface area contributed by atoms with E-state index in [0.717, 1.165) is 0 Å². The highest BCUT2D eigenvalue weighted by Crippen LogP contribution is 2.27. The van der Waals surface area contributed by atoms with E-state index in [1.165, 1.54) is 24.1 Å². The van der Waals surface area contributed by atoms with E-state index in [1.54, 1.807) is 32.9 Å². The van der Waals surface area contributed by atoms with Gasteiger partial charge in [-0.1, -0.05) is 23.9 Å². The molecular weight excluding hydrogens is 312 g/mol. The van der Waals surface area contributed by atoms with Crippen molar-refractivity contribution < 1.29 is 23.1 Å². The van der Waals surface area contributed by atoms with Crippen molar-refractivity contribution in [3.63, 3.8) is 0 Å². The Morgan fingerprint density at radius 3 is 2.23 bits per heavy atom. The van der Waals surface area contributed by atoms with Crippen LogP contribution in [-0.2, 0) is 9.53 Å². The fourth-order valence-electron chi connectivity index (χ4n) is 1.69. The lowest BCUT2D eigenvalue weighted by atomic mass is 10.1. The molecule has 0 fully saturated rings. The predicted molar refractivity (Wildman–Crippen MR) is 81.1 cm³/mol. The molecule has 4 nitrogen and oxygen atoms in total. The van der Waals surface area contributed by atoms with E-state index in [0.29, 0.717) is 28.5 Å². The summed E-state index contributed by atoms with van der Waals surface area (Å²) in [5, 5.41) is 0. The number of hydrogen-bond acceptors (Lipinski definition) is 4. The number of halogens is 2. The minimum absolute atomic E-state index is 0.392. The fraction of sp³-hybridized carbons (Fsp3) is 0.467. The number of rotatable bonds is 5. The topological polar surface area (TPSA) is 46.6 Å². The molecule has 0 heterocycles. The minimum atomic E-state index is -2.50. The normalized spacial score (nSPS) is 12.9. The van der Waals surface area contributed by atoms with Gasteiger partial charge in [-0.15, -0.1) is 0 Å². The van der Waals surface area contributed by atoms with Gasteiger partial charge >= 0.3 is 6.09 Å². The standard InChI is InChI=1S/C15H19F2NO3S/c1-15(2,3)21-14(20)18(4)12(9-19)10-5-7-11(8-6-10)22-13(16)17/h5-9,12-13H,1-4H3. The molecule has 0 aromatic heterocycles. The van der Waals surface area contributed by atoms with E-state index in [4.69, 9.17) is 4.74 Å². The Kier molecular flexibility index (Phi) is 6.34. The lowest BCUT2D eigenvalue weighted by molar-refractivity contribution is -0.112. The molecule has 0 radical (unpaired) electrons. The van der Waals surface area contributed by atoms with E-state index >= 15 is 0 Å². The molecule has 1 aromatic rings. The molecule has 1 aromatic carbocycles. The molecular formula is C15H19F2NO3S. The lowest BCUT2D eigenvalue weighted by Gasteiger charge is -2.28. The summed E-state index contributed by atoms with van der Waals surface area (Å²) in [4.78, 5) is 24.9. The number of carbonyl (C=O) groups is 2. The number of carbonyl (C=O) groups excluding carboxylic acids is 2. The van der Waals surface area contributed by atoms with Crippen LogP contribution in [0.4, 0.5) is 13.6 Å². The largest absolute Gasteiger partial charge is 0.444 e. The first-order chi connectivity index (χ1) is 10.1. The Balaban J connectivity index is 2.86. The summed E-state index contributed by atoms with van der Waals surface area (Å²) in [5.41, 5.74) is -0.140. The van der Waals surface area contributed by atoms with Crippen molar-refractivity contribution in [3.8, 4) is 0 Å². The zero-order chi connectivity index (χ0) is 16.9. The van der Waals surface area contributed by atoms with E-state index in [1.807, 2.05) is 0 Å². The fourth-order valence-corrected chi connectivity index (χ4v) is 2.19. The van der Waals surface area contributed by atoms with Crippen molar-refractivity contribution in [2.24, 2.45) is 0 Å². The summed E-state index contributed by atoms with van der Waals surface area (Å²) in [5.74, 6) is -2.50. The highest BCUT2D eigenvalue weighted by molar-refractivity contribution is 7.99. The number of ether oxygens (including phenoxy) is 1. The Labute approximate surface area is 132 Å². The van der Waals surface area contributed by atoms with Crippen LogP contribution in [0.15, 0.2) is 29.2 Å². The second kappa shape index (κ2) is 7.58. The zero-order valence-corrected chi connectivity index (χ0v) is 13.7. The molecule has 0 saturated carbocycles. The van der Waals surface area contributed by atoms with Crippen molar-refractivity contribution >= 4 is 24.1 Å². The van der Waals surface area contributed by atoms with E-state index in [-0.39, 0.29) is 0 Å². The number of amides is 1. The lowest BCUT2D eigenvalue weighted by Crippen LogP contribution is -2.37. The van der Waals surface area contributed by atoms with Crippen LogP contribution >= 0.6 is 11.8 Å². The van der Waals surface area contributed by atoms with E-state index < -0.39 is 23.5 Å². The van der Waals surface area contributed by atoms with Crippen molar-refractivity contribution in [3.05, 3.63) is 29.8 Å². The molecule has 7 heteroatoms. The van der Waals surface area contributed by atoms with E-state index in [2.05, 4.69) is 0 Å². The third-order valence-corrected chi connectivity index (χ3v) is 3.40. The number of alkyl halides is 2. The maximum atomic E-state index is 12.3. The second-order valence-electron chi connectivity index (χ2n) is 5.62. The molecule has 0 saturated heterocycles. The molecule has 0 bridgehead atoms. The van der Waals surface area contributed by atoms with Crippen molar-refractivity contribution in [1.29, 1.82) is 0 Å². The Bertz CT molecular complexity index is 515.